The molecule has 0 saturated carbocycles. The molecular formula is C18H15ClN2O2. The van der Waals surface area contributed by atoms with Crippen LogP contribution in [0.2, 0.25) is 5.02 Å². The van der Waals surface area contributed by atoms with E-state index in [9.17, 15) is 9.59 Å². The zero-order chi connectivity index (χ0) is 16.8. The van der Waals surface area contributed by atoms with Crippen molar-refractivity contribution in [1.82, 2.24) is 4.98 Å². The van der Waals surface area contributed by atoms with E-state index in [1.165, 1.54) is 13.1 Å². The Morgan fingerprint density at radius 2 is 1.78 bits per heavy atom. The van der Waals surface area contributed by atoms with Crippen molar-refractivity contribution >= 4 is 40.3 Å². The molecule has 0 bridgehead atoms. The van der Waals surface area contributed by atoms with Crippen LogP contribution in [0.5, 0.6) is 0 Å². The lowest BCUT2D eigenvalue weighted by Crippen LogP contribution is -1.97. The predicted molar refractivity (Wildman–Crippen MR) is 93.0 cm³/mol. The number of nitrogen functional groups attached to an aromatic ring is 1. The van der Waals surface area contributed by atoms with Gasteiger partial charge in [0.1, 0.15) is 0 Å². The van der Waals surface area contributed by atoms with Crippen molar-refractivity contribution in [3.8, 4) is 0 Å². The first-order valence-corrected chi connectivity index (χ1v) is 7.26. The number of fused-ring (bicyclic) bond motifs is 1. The monoisotopic (exact) mass is 326 g/mol. The van der Waals surface area contributed by atoms with Crippen LogP contribution < -0.4 is 5.73 Å². The minimum absolute atomic E-state index is 0.0121. The van der Waals surface area contributed by atoms with Gasteiger partial charge in [0.25, 0.3) is 0 Å². The van der Waals surface area contributed by atoms with E-state index in [0.717, 1.165) is 10.9 Å². The average molecular weight is 327 g/mol. The van der Waals surface area contributed by atoms with Crippen LogP contribution in [0, 0.1) is 0 Å². The Hall–Kier alpha value is -2.72. The third kappa shape index (κ3) is 3.93. The molecule has 0 spiro atoms. The summed E-state index contributed by atoms with van der Waals surface area (Å²) in [5.41, 5.74) is 7.89. The molecular weight excluding hydrogens is 312 g/mol. The van der Waals surface area contributed by atoms with Crippen LogP contribution in [0.4, 0.5) is 5.69 Å². The minimum Gasteiger partial charge on any atom is -0.398 e. The summed E-state index contributed by atoms with van der Waals surface area (Å²) in [6.45, 7) is 1.51. The lowest BCUT2D eigenvalue weighted by Gasteiger charge is -2.00. The van der Waals surface area contributed by atoms with Crippen molar-refractivity contribution in [2.75, 3.05) is 5.73 Å². The van der Waals surface area contributed by atoms with Crippen molar-refractivity contribution in [2.45, 2.75) is 6.92 Å². The van der Waals surface area contributed by atoms with Gasteiger partial charge in [0.2, 0.25) is 0 Å². The number of halogens is 1. The molecule has 23 heavy (non-hydrogen) atoms. The van der Waals surface area contributed by atoms with Crippen molar-refractivity contribution < 1.29 is 9.59 Å². The summed E-state index contributed by atoms with van der Waals surface area (Å²) in [7, 11) is 0. The fourth-order valence-corrected chi connectivity index (χ4v) is 2.28. The number of Topliss-reactive ketones (excluding diaryl/α,β-unsaturated/α-hetero) is 1. The molecule has 0 unspecified atom stereocenters. The topological polar surface area (TPSA) is 73.1 Å². The molecule has 0 saturated heterocycles. The second-order valence-corrected chi connectivity index (χ2v) is 5.18. The van der Waals surface area contributed by atoms with Gasteiger partial charge in [-0.25, -0.2) is 0 Å². The lowest BCUT2D eigenvalue weighted by molar-refractivity contribution is 0.101. The molecule has 0 aliphatic rings. The van der Waals surface area contributed by atoms with Crippen LogP contribution in [-0.4, -0.2) is 17.1 Å². The lowest BCUT2D eigenvalue weighted by atomic mass is 10.1. The van der Waals surface area contributed by atoms with Gasteiger partial charge in [-0.2, -0.15) is 0 Å². The average Bonchev–Trinajstić information content (AvgIpc) is 2.56. The molecule has 3 aromatic rings. The molecule has 3 rings (SSSR count). The maximum Gasteiger partial charge on any atom is 0.161 e. The van der Waals surface area contributed by atoms with E-state index >= 15 is 0 Å². The number of aromatic nitrogens is 1. The molecule has 5 heteroatoms. The van der Waals surface area contributed by atoms with Gasteiger partial charge in [-0.3, -0.25) is 14.6 Å². The summed E-state index contributed by atoms with van der Waals surface area (Å²) in [4.78, 5) is 25.4. The van der Waals surface area contributed by atoms with Crippen LogP contribution in [0.3, 0.4) is 0 Å². The minimum atomic E-state index is 0.0121. The number of nitrogens with two attached hydrogens (primary N) is 1. The number of nitrogens with zero attached hydrogens (tertiary/aromatic N) is 1. The number of carbonyl (C=O) groups is 2. The number of ketones is 1. The first-order chi connectivity index (χ1) is 11.0. The van der Waals surface area contributed by atoms with E-state index < -0.39 is 0 Å². The standard InChI is InChI=1S/C10H6ClNO.C8H9NO/c11-10-7(6-13)5-12-9-4-2-1-3-8(9)10;1-6(10)7-4-2-3-5-8(7)9/h1-6H;2-5H,9H2,1H3. The summed E-state index contributed by atoms with van der Waals surface area (Å²) in [5.74, 6) is 0.0121. The van der Waals surface area contributed by atoms with Crippen molar-refractivity contribution in [2.24, 2.45) is 0 Å². The van der Waals surface area contributed by atoms with Crippen LogP contribution in [0.15, 0.2) is 54.7 Å². The smallest absolute Gasteiger partial charge is 0.161 e. The zero-order valence-corrected chi connectivity index (χ0v) is 13.2. The first kappa shape index (κ1) is 16.6. The number of pyridine rings is 1. The Morgan fingerprint density at radius 3 is 2.39 bits per heavy atom. The number of aldehydes is 1. The Labute approximate surface area is 138 Å². The van der Waals surface area contributed by atoms with E-state index in [-0.39, 0.29) is 5.78 Å². The van der Waals surface area contributed by atoms with Gasteiger partial charge >= 0.3 is 0 Å². The van der Waals surface area contributed by atoms with E-state index in [4.69, 9.17) is 17.3 Å². The second kappa shape index (κ2) is 7.51. The second-order valence-electron chi connectivity index (χ2n) is 4.81. The number of rotatable bonds is 2. The molecule has 0 atom stereocenters. The molecule has 0 radical (unpaired) electrons. The Balaban J connectivity index is 0.000000174. The number of carbonyl (C=O) groups excluding carboxylic acids is 2. The Bertz CT molecular complexity index is 863. The highest BCUT2D eigenvalue weighted by Crippen LogP contribution is 2.23. The van der Waals surface area contributed by atoms with E-state index in [0.29, 0.717) is 28.1 Å². The Morgan fingerprint density at radius 1 is 1.13 bits per heavy atom. The molecule has 2 N–H and O–H groups in total. The van der Waals surface area contributed by atoms with E-state index in [1.807, 2.05) is 30.3 Å². The molecule has 0 fully saturated rings. The number of anilines is 1. The van der Waals surface area contributed by atoms with Crippen LogP contribution in [-0.2, 0) is 0 Å². The third-order valence-electron chi connectivity index (χ3n) is 3.20. The van der Waals surface area contributed by atoms with Gasteiger partial charge in [-0.05, 0) is 25.1 Å². The fraction of sp³-hybridized carbons (Fsp3) is 0.0556. The maximum absolute atomic E-state index is 10.8. The molecule has 2 aromatic carbocycles. The molecule has 0 aliphatic heterocycles. The molecule has 0 aliphatic carbocycles. The van der Waals surface area contributed by atoms with E-state index in [1.54, 1.807) is 18.2 Å². The summed E-state index contributed by atoms with van der Waals surface area (Å²) in [6, 6.07) is 14.5. The largest absolute Gasteiger partial charge is 0.398 e. The fourth-order valence-electron chi connectivity index (χ4n) is 2.02. The quantitative estimate of drug-likeness (QED) is 0.435. The van der Waals surface area contributed by atoms with Gasteiger partial charge in [-0.15, -0.1) is 0 Å². The van der Waals surface area contributed by atoms with Crippen molar-refractivity contribution in [1.29, 1.82) is 0 Å². The molecule has 0 amide bonds. The van der Waals surface area contributed by atoms with Gasteiger partial charge in [0, 0.05) is 22.8 Å². The first-order valence-electron chi connectivity index (χ1n) is 6.88. The normalized spacial score (nSPS) is 9.83. The molecule has 4 nitrogen and oxygen atoms in total. The van der Waals surface area contributed by atoms with Crippen LogP contribution in [0.1, 0.15) is 27.6 Å². The number of para-hydroxylation sites is 2. The molecule has 116 valence electrons. The van der Waals surface area contributed by atoms with Crippen molar-refractivity contribution in [3.05, 3.63) is 70.9 Å². The van der Waals surface area contributed by atoms with Gasteiger partial charge in [-0.1, -0.05) is 41.9 Å². The molecule has 1 heterocycles. The number of hydrogen-bond donors (Lipinski definition) is 1. The van der Waals surface area contributed by atoms with E-state index in [2.05, 4.69) is 4.98 Å². The van der Waals surface area contributed by atoms with Gasteiger partial charge in [0.15, 0.2) is 12.1 Å². The van der Waals surface area contributed by atoms with Crippen molar-refractivity contribution in [3.63, 3.8) is 0 Å². The summed E-state index contributed by atoms with van der Waals surface area (Å²) in [6.07, 6.45) is 2.19. The Kier molecular flexibility index (Phi) is 5.44. The number of benzene rings is 2. The highest BCUT2D eigenvalue weighted by atomic mass is 35.5. The third-order valence-corrected chi connectivity index (χ3v) is 3.63. The highest BCUT2D eigenvalue weighted by molar-refractivity contribution is 6.37. The SMILES string of the molecule is CC(=O)c1ccccc1N.O=Cc1cnc2ccccc2c1Cl. The van der Waals surface area contributed by atoms with Crippen LogP contribution in [0.25, 0.3) is 10.9 Å². The number of hydrogen-bond acceptors (Lipinski definition) is 4. The van der Waals surface area contributed by atoms with Gasteiger partial charge in [0.05, 0.1) is 16.1 Å². The molecule has 1 aromatic heterocycles. The van der Waals surface area contributed by atoms with Gasteiger partial charge < -0.3 is 5.73 Å². The highest BCUT2D eigenvalue weighted by Gasteiger charge is 2.04. The summed E-state index contributed by atoms with van der Waals surface area (Å²) >= 11 is 5.97. The van der Waals surface area contributed by atoms with Crippen LogP contribution >= 0.6 is 11.6 Å². The maximum atomic E-state index is 10.8. The predicted octanol–water partition coefficient (Wildman–Crippen LogP) is 4.17. The summed E-state index contributed by atoms with van der Waals surface area (Å²) in [5, 5.41) is 1.29. The zero-order valence-electron chi connectivity index (χ0n) is 12.5. The summed E-state index contributed by atoms with van der Waals surface area (Å²) < 4.78 is 0.